The van der Waals surface area contributed by atoms with E-state index in [0.717, 1.165) is 53.2 Å². The van der Waals surface area contributed by atoms with Gasteiger partial charge in [-0.3, -0.25) is 9.69 Å². The summed E-state index contributed by atoms with van der Waals surface area (Å²) in [5, 5.41) is 4.27. The van der Waals surface area contributed by atoms with Crippen molar-refractivity contribution >= 4 is 28.1 Å². The molecule has 2 heterocycles. The summed E-state index contributed by atoms with van der Waals surface area (Å²) >= 11 is 3.71. The van der Waals surface area contributed by atoms with Crippen molar-refractivity contribution < 1.29 is 4.79 Å². The number of halogens is 1. The molecular weight excluding hydrogens is 524 g/mol. The molecule has 5 nitrogen and oxygen atoms in total. The Morgan fingerprint density at radius 1 is 0.946 bits per heavy atom. The zero-order valence-corrected chi connectivity index (χ0v) is 23.0. The van der Waals surface area contributed by atoms with Gasteiger partial charge in [0.25, 0.3) is 5.91 Å². The van der Waals surface area contributed by atoms with Gasteiger partial charge >= 0.3 is 0 Å². The molecule has 0 unspecified atom stereocenters. The number of para-hydroxylation sites is 1. The number of amides is 1. The van der Waals surface area contributed by atoms with Crippen molar-refractivity contribution in [3.63, 3.8) is 0 Å². The van der Waals surface area contributed by atoms with Gasteiger partial charge in [0, 0.05) is 52.3 Å². The minimum atomic E-state index is -0.224. The van der Waals surface area contributed by atoms with Crippen LogP contribution < -0.4 is 5.43 Å². The van der Waals surface area contributed by atoms with Crippen LogP contribution in [-0.2, 0) is 19.5 Å². The van der Waals surface area contributed by atoms with Crippen LogP contribution in [-0.4, -0.2) is 28.1 Å². The number of hydrogen-bond acceptors (Lipinski definition) is 3. The maximum absolute atomic E-state index is 12.7. The topological polar surface area (TPSA) is 49.6 Å². The van der Waals surface area contributed by atoms with Crippen LogP contribution in [0.2, 0.25) is 0 Å². The number of hydrazone groups is 1. The van der Waals surface area contributed by atoms with Gasteiger partial charge in [0.2, 0.25) is 0 Å². The molecule has 1 aromatic heterocycles. The van der Waals surface area contributed by atoms with Gasteiger partial charge in [-0.05, 0) is 83.6 Å². The average molecular weight is 556 g/mol. The van der Waals surface area contributed by atoms with Crippen molar-refractivity contribution in [1.82, 2.24) is 14.9 Å². The van der Waals surface area contributed by atoms with Crippen molar-refractivity contribution in [2.75, 3.05) is 6.54 Å². The number of nitrogens with one attached hydrogen (secondary N) is 1. The molecule has 6 heteroatoms. The van der Waals surface area contributed by atoms with Gasteiger partial charge in [-0.15, -0.1) is 0 Å². The Balaban J connectivity index is 1.23. The molecule has 3 aromatic carbocycles. The second kappa shape index (κ2) is 10.9. The monoisotopic (exact) mass is 554 g/mol. The quantitative estimate of drug-likeness (QED) is 0.219. The number of fused-ring (bicyclic) bond motifs is 1. The van der Waals surface area contributed by atoms with Crippen LogP contribution in [0.5, 0.6) is 0 Å². The minimum Gasteiger partial charge on any atom is -0.316 e. The van der Waals surface area contributed by atoms with Gasteiger partial charge < -0.3 is 4.57 Å². The third-order valence-corrected chi connectivity index (χ3v) is 8.16. The van der Waals surface area contributed by atoms with Crippen molar-refractivity contribution in [2.24, 2.45) is 5.10 Å². The van der Waals surface area contributed by atoms with Crippen LogP contribution in [0.15, 0.2) is 82.4 Å². The molecule has 1 aliphatic rings. The fourth-order valence-corrected chi connectivity index (χ4v) is 5.65. The first-order chi connectivity index (χ1) is 17.9. The van der Waals surface area contributed by atoms with Crippen LogP contribution in [0.25, 0.3) is 5.69 Å². The molecule has 1 amide bonds. The van der Waals surface area contributed by atoms with Gasteiger partial charge in [0.1, 0.15) is 0 Å². The van der Waals surface area contributed by atoms with E-state index in [4.69, 9.17) is 0 Å². The summed E-state index contributed by atoms with van der Waals surface area (Å²) in [6, 6.07) is 24.8. The molecule has 0 radical (unpaired) electrons. The van der Waals surface area contributed by atoms with Crippen molar-refractivity contribution in [2.45, 2.75) is 40.3 Å². The van der Waals surface area contributed by atoms with Crippen LogP contribution >= 0.6 is 15.9 Å². The molecule has 0 spiro atoms. The Morgan fingerprint density at radius 2 is 1.65 bits per heavy atom. The van der Waals surface area contributed by atoms with Crippen LogP contribution in [0.1, 0.15) is 49.6 Å². The third kappa shape index (κ3) is 5.31. The highest BCUT2D eigenvalue weighted by Crippen LogP contribution is 2.30. The number of carbonyl (C=O) groups is 1. The number of aryl methyl sites for hydroxylation is 1. The molecule has 5 rings (SSSR count). The van der Waals surface area contributed by atoms with Crippen LogP contribution in [0.4, 0.5) is 0 Å². The fourth-order valence-electron chi connectivity index (χ4n) is 5.08. The first-order valence-electron chi connectivity index (χ1n) is 12.6. The number of nitrogens with zero attached hydrogens (tertiary/aromatic N) is 3. The molecule has 37 heavy (non-hydrogen) atoms. The van der Waals surface area contributed by atoms with E-state index in [1.165, 1.54) is 22.3 Å². The third-order valence-electron chi connectivity index (χ3n) is 7.16. The molecule has 0 atom stereocenters. The molecule has 0 bridgehead atoms. The summed E-state index contributed by atoms with van der Waals surface area (Å²) < 4.78 is 3.18. The van der Waals surface area contributed by atoms with Gasteiger partial charge in [-0.2, -0.15) is 5.10 Å². The number of hydrogen-bond donors (Lipinski definition) is 1. The highest BCUT2D eigenvalue weighted by Gasteiger charge is 2.18. The van der Waals surface area contributed by atoms with Crippen LogP contribution in [0.3, 0.4) is 0 Å². The summed E-state index contributed by atoms with van der Waals surface area (Å²) in [6.45, 7) is 9.13. The Hall–Kier alpha value is -3.48. The van der Waals surface area contributed by atoms with Gasteiger partial charge in [0.15, 0.2) is 0 Å². The molecule has 0 aliphatic carbocycles. The van der Waals surface area contributed by atoms with E-state index in [9.17, 15) is 4.79 Å². The summed E-state index contributed by atoms with van der Waals surface area (Å²) in [5.41, 5.74) is 12.8. The molecular formula is C31H31BrN4O. The number of aromatic nitrogens is 1. The van der Waals surface area contributed by atoms with Crippen molar-refractivity contribution in [3.05, 3.63) is 122 Å². The average Bonchev–Trinajstić information content (AvgIpc) is 3.12. The lowest BCUT2D eigenvalue weighted by atomic mass is 9.99. The Morgan fingerprint density at radius 3 is 2.41 bits per heavy atom. The number of benzene rings is 3. The molecule has 0 saturated carbocycles. The lowest BCUT2D eigenvalue weighted by Crippen LogP contribution is -2.30. The fraction of sp³-hybridized carbons (Fsp3) is 0.226. The highest BCUT2D eigenvalue weighted by atomic mass is 79.9. The standard InChI is InChI=1S/C31H31BrN4O/c1-21-8-4-7-11-29(21)36-22(2)28(30(32)23(36)3)18-33-34-31(37)26-14-12-24(13-15-26)19-35-17-16-25-9-5-6-10-27(25)20-35/h4-15,18H,16-17,19-20H2,1-3H3,(H,34,37). The largest absolute Gasteiger partial charge is 0.316 e. The summed E-state index contributed by atoms with van der Waals surface area (Å²) in [5.74, 6) is -0.224. The summed E-state index contributed by atoms with van der Waals surface area (Å²) in [6.07, 6.45) is 2.79. The van der Waals surface area contributed by atoms with E-state index in [1.54, 1.807) is 6.21 Å². The molecule has 1 aliphatic heterocycles. The minimum absolute atomic E-state index is 0.224. The molecule has 4 aromatic rings. The lowest BCUT2D eigenvalue weighted by molar-refractivity contribution is 0.0955. The van der Waals surface area contributed by atoms with E-state index in [-0.39, 0.29) is 5.91 Å². The summed E-state index contributed by atoms with van der Waals surface area (Å²) in [4.78, 5) is 15.2. The van der Waals surface area contributed by atoms with E-state index in [0.29, 0.717) is 5.56 Å². The van der Waals surface area contributed by atoms with E-state index in [1.807, 2.05) is 36.4 Å². The zero-order valence-electron chi connectivity index (χ0n) is 21.5. The summed E-state index contributed by atoms with van der Waals surface area (Å²) in [7, 11) is 0. The van der Waals surface area contributed by atoms with Gasteiger partial charge in [-0.25, -0.2) is 5.43 Å². The predicted octanol–water partition coefficient (Wildman–Crippen LogP) is 6.49. The SMILES string of the molecule is Cc1ccccc1-n1c(C)c(Br)c(C=NNC(=O)c2ccc(CN3CCc4ccccc4C3)cc2)c1C. The molecule has 188 valence electrons. The second-order valence-corrected chi connectivity index (χ2v) is 10.4. The Labute approximate surface area is 227 Å². The van der Waals surface area contributed by atoms with E-state index in [2.05, 4.69) is 93.1 Å². The smallest absolute Gasteiger partial charge is 0.271 e. The molecule has 0 fully saturated rings. The Kier molecular flexibility index (Phi) is 7.40. The van der Waals surface area contributed by atoms with Crippen molar-refractivity contribution in [3.8, 4) is 5.69 Å². The normalized spacial score (nSPS) is 13.6. The predicted molar refractivity (Wildman–Crippen MR) is 153 cm³/mol. The van der Waals surface area contributed by atoms with E-state index < -0.39 is 0 Å². The van der Waals surface area contributed by atoms with Crippen LogP contribution in [0, 0.1) is 20.8 Å². The first kappa shape index (κ1) is 25.2. The number of rotatable bonds is 6. The van der Waals surface area contributed by atoms with Gasteiger partial charge in [0.05, 0.1) is 6.21 Å². The number of carbonyl (C=O) groups excluding carboxylic acids is 1. The molecule has 1 N–H and O–H groups in total. The lowest BCUT2D eigenvalue weighted by Gasteiger charge is -2.28. The highest BCUT2D eigenvalue weighted by molar-refractivity contribution is 9.10. The maximum Gasteiger partial charge on any atom is 0.271 e. The van der Waals surface area contributed by atoms with E-state index >= 15 is 0 Å². The second-order valence-electron chi connectivity index (χ2n) is 9.65. The van der Waals surface area contributed by atoms with Crippen molar-refractivity contribution in [1.29, 1.82) is 0 Å². The van der Waals surface area contributed by atoms with Gasteiger partial charge in [-0.1, -0.05) is 54.6 Å². The Bertz CT molecular complexity index is 1470. The molecule has 0 saturated heterocycles. The zero-order chi connectivity index (χ0) is 25.9. The maximum atomic E-state index is 12.7. The first-order valence-corrected chi connectivity index (χ1v) is 13.4.